The van der Waals surface area contributed by atoms with Crippen molar-refractivity contribution in [2.24, 2.45) is 7.05 Å². The maximum atomic E-state index is 8.94. The van der Waals surface area contributed by atoms with Crippen molar-refractivity contribution in [3.8, 4) is 18.4 Å². The lowest BCUT2D eigenvalue weighted by atomic mass is 10.1. The fourth-order valence-corrected chi connectivity index (χ4v) is 1.81. The Morgan fingerprint density at radius 3 is 2.76 bits per heavy atom. The summed E-state index contributed by atoms with van der Waals surface area (Å²) in [4.78, 5) is 0. The zero-order chi connectivity index (χ0) is 12.8. The highest BCUT2D eigenvalue weighted by atomic mass is 15.0. The molecule has 0 bridgehead atoms. The predicted molar refractivity (Wildman–Crippen MR) is 69.2 cm³/mol. The van der Waals surface area contributed by atoms with Crippen LogP contribution in [0.2, 0.25) is 0 Å². The number of hydrogen-bond acceptors (Lipinski definition) is 2. The van der Waals surface area contributed by atoms with Crippen LogP contribution in [0.5, 0.6) is 0 Å². The summed E-state index contributed by atoms with van der Waals surface area (Å²) in [6.07, 6.45) is 7.50. The molecule has 3 nitrogen and oxygen atoms in total. The molecule has 0 spiro atoms. The van der Waals surface area contributed by atoms with Crippen LogP contribution in [0.15, 0.2) is 6.07 Å². The second kappa shape index (κ2) is 6.13. The van der Waals surface area contributed by atoms with Gasteiger partial charge in [0.1, 0.15) is 11.8 Å². The first kappa shape index (κ1) is 13.4. The molecule has 1 atom stereocenters. The molecule has 0 saturated carbocycles. The molecule has 1 aromatic heterocycles. The molecule has 0 fully saturated rings. The molecule has 90 valence electrons. The van der Waals surface area contributed by atoms with Gasteiger partial charge in [-0.1, -0.05) is 19.3 Å². The second-order valence-electron chi connectivity index (χ2n) is 4.20. The van der Waals surface area contributed by atoms with E-state index >= 15 is 0 Å². The molecule has 1 unspecified atom stereocenters. The standard InChI is InChI=1S/C14H19N3/c1-5-7-13(6-2)16-10-12-8-14(9-15)17(4)11(12)3/h2,8,13,16H,5,7,10H2,1,3-4H3. The van der Waals surface area contributed by atoms with Gasteiger partial charge in [0.05, 0.1) is 6.04 Å². The van der Waals surface area contributed by atoms with Crippen LogP contribution in [0, 0.1) is 30.6 Å². The molecular weight excluding hydrogens is 210 g/mol. The molecule has 0 aliphatic carbocycles. The number of rotatable bonds is 5. The van der Waals surface area contributed by atoms with Gasteiger partial charge in [0.2, 0.25) is 0 Å². The van der Waals surface area contributed by atoms with Crippen molar-refractivity contribution in [1.82, 2.24) is 9.88 Å². The fourth-order valence-electron chi connectivity index (χ4n) is 1.81. The molecule has 0 saturated heterocycles. The number of nitrogens with one attached hydrogen (secondary N) is 1. The number of terminal acetylenes is 1. The van der Waals surface area contributed by atoms with E-state index in [1.54, 1.807) is 0 Å². The third-order valence-electron chi connectivity index (χ3n) is 3.07. The minimum absolute atomic E-state index is 0.116. The lowest BCUT2D eigenvalue weighted by Gasteiger charge is -2.11. The minimum atomic E-state index is 0.116. The maximum absolute atomic E-state index is 8.94. The Balaban J connectivity index is 2.70. The molecule has 1 N–H and O–H groups in total. The average molecular weight is 229 g/mol. The lowest BCUT2D eigenvalue weighted by molar-refractivity contribution is 0.561. The molecule has 0 radical (unpaired) electrons. The number of aromatic nitrogens is 1. The quantitative estimate of drug-likeness (QED) is 0.785. The summed E-state index contributed by atoms with van der Waals surface area (Å²) in [5.41, 5.74) is 2.94. The molecular formula is C14H19N3. The van der Waals surface area contributed by atoms with Gasteiger partial charge in [-0.05, 0) is 25.0 Å². The predicted octanol–water partition coefficient (Wildman–Crippen LogP) is 2.10. The second-order valence-corrected chi connectivity index (χ2v) is 4.20. The van der Waals surface area contributed by atoms with Crippen LogP contribution in [-0.4, -0.2) is 10.6 Å². The molecule has 1 rings (SSSR count). The summed E-state index contributed by atoms with van der Waals surface area (Å²) >= 11 is 0. The smallest absolute Gasteiger partial charge is 0.120 e. The fraction of sp³-hybridized carbons (Fsp3) is 0.500. The van der Waals surface area contributed by atoms with Crippen LogP contribution in [0.25, 0.3) is 0 Å². The Morgan fingerprint density at radius 2 is 2.29 bits per heavy atom. The van der Waals surface area contributed by atoms with Gasteiger partial charge in [0.25, 0.3) is 0 Å². The SMILES string of the molecule is C#CC(CCC)NCc1cc(C#N)n(C)c1C. The summed E-state index contributed by atoms with van der Waals surface area (Å²) in [7, 11) is 1.90. The average Bonchev–Trinajstić information content (AvgIpc) is 2.61. The summed E-state index contributed by atoms with van der Waals surface area (Å²) in [6.45, 7) is 4.85. The van der Waals surface area contributed by atoms with E-state index in [2.05, 4.69) is 24.2 Å². The van der Waals surface area contributed by atoms with Crippen molar-refractivity contribution in [2.45, 2.75) is 39.3 Å². The first-order valence-electron chi connectivity index (χ1n) is 5.88. The Kier molecular flexibility index (Phi) is 4.82. The highest BCUT2D eigenvalue weighted by Gasteiger charge is 2.10. The third-order valence-corrected chi connectivity index (χ3v) is 3.07. The van der Waals surface area contributed by atoms with Gasteiger partial charge in [-0.2, -0.15) is 5.26 Å². The van der Waals surface area contributed by atoms with E-state index in [1.165, 1.54) is 0 Å². The largest absolute Gasteiger partial charge is 0.340 e. The van der Waals surface area contributed by atoms with Crippen molar-refractivity contribution >= 4 is 0 Å². The van der Waals surface area contributed by atoms with Gasteiger partial charge >= 0.3 is 0 Å². The number of nitriles is 1. The van der Waals surface area contributed by atoms with Gasteiger partial charge < -0.3 is 4.57 Å². The van der Waals surface area contributed by atoms with Crippen molar-refractivity contribution in [1.29, 1.82) is 5.26 Å². The highest BCUT2D eigenvalue weighted by molar-refractivity contribution is 5.34. The van der Waals surface area contributed by atoms with Crippen molar-refractivity contribution in [2.75, 3.05) is 0 Å². The summed E-state index contributed by atoms with van der Waals surface area (Å²) < 4.78 is 1.90. The lowest BCUT2D eigenvalue weighted by Crippen LogP contribution is -2.26. The van der Waals surface area contributed by atoms with E-state index in [0.717, 1.165) is 30.6 Å². The Bertz CT molecular complexity index is 457. The van der Waals surface area contributed by atoms with E-state index in [0.29, 0.717) is 5.69 Å². The molecule has 1 aromatic rings. The van der Waals surface area contributed by atoms with Crippen LogP contribution < -0.4 is 5.32 Å². The summed E-state index contributed by atoms with van der Waals surface area (Å²) in [6, 6.07) is 4.21. The van der Waals surface area contributed by atoms with Gasteiger partial charge in [-0.3, -0.25) is 5.32 Å². The van der Waals surface area contributed by atoms with Crippen LogP contribution in [0.1, 0.15) is 36.7 Å². The van der Waals surface area contributed by atoms with E-state index in [4.69, 9.17) is 11.7 Å². The molecule has 0 amide bonds. The number of hydrogen-bond donors (Lipinski definition) is 1. The maximum Gasteiger partial charge on any atom is 0.120 e. The van der Waals surface area contributed by atoms with Crippen molar-refractivity contribution in [3.63, 3.8) is 0 Å². The molecule has 3 heteroatoms. The molecule has 0 aliphatic heterocycles. The van der Waals surface area contributed by atoms with Gasteiger partial charge in [-0.25, -0.2) is 0 Å². The molecule has 17 heavy (non-hydrogen) atoms. The zero-order valence-corrected chi connectivity index (χ0v) is 10.7. The topological polar surface area (TPSA) is 40.8 Å². The molecule has 0 aliphatic rings. The van der Waals surface area contributed by atoms with Crippen LogP contribution in [0.3, 0.4) is 0 Å². The van der Waals surface area contributed by atoms with E-state index < -0.39 is 0 Å². The summed E-state index contributed by atoms with van der Waals surface area (Å²) in [5, 5.41) is 12.3. The summed E-state index contributed by atoms with van der Waals surface area (Å²) in [5.74, 6) is 2.75. The Labute approximate surface area is 103 Å². The van der Waals surface area contributed by atoms with Crippen molar-refractivity contribution < 1.29 is 0 Å². The van der Waals surface area contributed by atoms with Gasteiger partial charge in [0.15, 0.2) is 0 Å². The normalized spacial score (nSPS) is 11.8. The monoisotopic (exact) mass is 229 g/mol. The minimum Gasteiger partial charge on any atom is -0.340 e. The molecule has 1 heterocycles. The third kappa shape index (κ3) is 3.12. The Morgan fingerprint density at radius 1 is 1.59 bits per heavy atom. The first-order valence-corrected chi connectivity index (χ1v) is 5.88. The van der Waals surface area contributed by atoms with Gasteiger partial charge in [0, 0.05) is 19.3 Å². The first-order chi connectivity index (χ1) is 8.13. The Hall–Kier alpha value is -1.71. The van der Waals surface area contributed by atoms with Crippen LogP contribution >= 0.6 is 0 Å². The van der Waals surface area contributed by atoms with E-state index in [9.17, 15) is 0 Å². The van der Waals surface area contributed by atoms with Gasteiger partial charge in [-0.15, -0.1) is 6.42 Å². The van der Waals surface area contributed by atoms with E-state index in [-0.39, 0.29) is 6.04 Å². The zero-order valence-electron chi connectivity index (χ0n) is 10.7. The number of nitrogens with zero attached hydrogens (tertiary/aromatic N) is 2. The van der Waals surface area contributed by atoms with E-state index in [1.807, 2.05) is 24.6 Å². The van der Waals surface area contributed by atoms with Crippen LogP contribution in [-0.2, 0) is 13.6 Å². The van der Waals surface area contributed by atoms with Crippen molar-refractivity contribution in [3.05, 3.63) is 23.0 Å². The molecule has 0 aromatic carbocycles. The highest BCUT2D eigenvalue weighted by Crippen LogP contribution is 2.13. The van der Waals surface area contributed by atoms with Crippen LogP contribution in [0.4, 0.5) is 0 Å².